The van der Waals surface area contributed by atoms with Crippen LogP contribution in [0.5, 0.6) is 11.5 Å². The standard InChI is InChI=1S/C21H22ClNO5/c1-26-17-13-15(12-16(22)19(17)27-2)21(25)28-18(14-8-4-3-5-9-14)20(24)23-10-6-7-11-23/h3-5,8-9,12-13,18H,6-7,10-11H2,1-2H3/t18-/m0/s1. The molecule has 0 N–H and O–H groups in total. The molecule has 0 aromatic heterocycles. The summed E-state index contributed by atoms with van der Waals surface area (Å²) in [4.78, 5) is 27.5. The van der Waals surface area contributed by atoms with Crippen LogP contribution in [-0.4, -0.2) is 44.1 Å². The van der Waals surface area contributed by atoms with Crippen molar-refractivity contribution in [2.75, 3.05) is 27.3 Å². The lowest BCUT2D eigenvalue weighted by molar-refractivity contribution is -0.140. The second kappa shape index (κ2) is 8.97. The fourth-order valence-corrected chi connectivity index (χ4v) is 3.49. The van der Waals surface area contributed by atoms with E-state index < -0.39 is 12.1 Å². The van der Waals surface area contributed by atoms with E-state index in [1.165, 1.54) is 26.4 Å². The molecule has 1 aliphatic heterocycles. The van der Waals surface area contributed by atoms with E-state index in [0.717, 1.165) is 12.8 Å². The van der Waals surface area contributed by atoms with Crippen LogP contribution in [0.2, 0.25) is 5.02 Å². The fraction of sp³-hybridized carbons (Fsp3) is 0.333. The number of hydrogen-bond acceptors (Lipinski definition) is 5. The van der Waals surface area contributed by atoms with Gasteiger partial charge in [0, 0.05) is 18.7 Å². The minimum Gasteiger partial charge on any atom is -0.493 e. The van der Waals surface area contributed by atoms with Crippen LogP contribution < -0.4 is 9.47 Å². The largest absolute Gasteiger partial charge is 0.493 e. The molecule has 1 aliphatic rings. The lowest BCUT2D eigenvalue weighted by Gasteiger charge is -2.23. The Morgan fingerprint density at radius 3 is 2.32 bits per heavy atom. The Morgan fingerprint density at radius 2 is 1.71 bits per heavy atom. The second-order valence-corrected chi connectivity index (χ2v) is 6.83. The Hall–Kier alpha value is -2.73. The van der Waals surface area contributed by atoms with Crippen LogP contribution >= 0.6 is 11.6 Å². The van der Waals surface area contributed by atoms with Gasteiger partial charge in [-0.2, -0.15) is 0 Å². The average Bonchev–Trinajstić information content (AvgIpc) is 3.26. The number of nitrogens with zero attached hydrogens (tertiary/aromatic N) is 1. The fourth-order valence-electron chi connectivity index (χ4n) is 3.20. The Morgan fingerprint density at radius 1 is 1.04 bits per heavy atom. The van der Waals surface area contributed by atoms with Gasteiger partial charge in [0.2, 0.25) is 6.10 Å². The highest BCUT2D eigenvalue weighted by Crippen LogP contribution is 2.36. The van der Waals surface area contributed by atoms with Gasteiger partial charge in [-0.3, -0.25) is 4.79 Å². The first-order chi connectivity index (χ1) is 13.5. The zero-order chi connectivity index (χ0) is 20.1. The summed E-state index contributed by atoms with van der Waals surface area (Å²) in [6, 6.07) is 11.9. The molecule has 3 rings (SSSR count). The van der Waals surface area contributed by atoms with Crippen LogP contribution in [0, 0.1) is 0 Å². The maximum absolute atomic E-state index is 13.0. The summed E-state index contributed by atoms with van der Waals surface area (Å²) in [5.74, 6) is -0.245. The van der Waals surface area contributed by atoms with Gasteiger partial charge in [0.05, 0.1) is 24.8 Å². The average molecular weight is 404 g/mol. The predicted molar refractivity (Wildman–Crippen MR) is 105 cm³/mol. The van der Waals surface area contributed by atoms with Gasteiger partial charge >= 0.3 is 5.97 Å². The van der Waals surface area contributed by atoms with E-state index in [-0.39, 0.29) is 16.5 Å². The lowest BCUT2D eigenvalue weighted by atomic mass is 10.1. The smallest absolute Gasteiger partial charge is 0.339 e. The molecule has 2 aromatic carbocycles. The summed E-state index contributed by atoms with van der Waals surface area (Å²) < 4.78 is 16.1. The van der Waals surface area contributed by atoms with Crippen molar-refractivity contribution >= 4 is 23.5 Å². The highest BCUT2D eigenvalue weighted by molar-refractivity contribution is 6.32. The third kappa shape index (κ3) is 4.22. The molecule has 1 heterocycles. The summed E-state index contributed by atoms with van der Waals surface area (Å²) in [5.41, 5.74) is 0.803. The Labute approximate surface area is 168 Å². The highest BCUT2D eigenvalue weighted by Gasteiger charge is 2.31. The van der Waals surface area contributed by atoms with Gasteiger partial charge in [-0.25, -0.2) is 4.79 Å². The van der Waals surface area contributed by atoms with Crippen LogP contribution in [-0.2, 0) is 9.53 Å². The normalized spacial score (nSPS) is 14.5. The van der Waals surface area contributed by atoms with Gasteiger partial charge in [0.1, 0.15) is 0 Å². The zero-order valence-corrected chi connectivity index (χ0v) is 16.6. The molecule has 2 aromatic rings. The van der Waals surface area contributed by atoms with Crippen LogP contribution in [0.4, 0.5) is 0 Å². The van der Waals surface area contributed by atoms with Gasteiger partial charge in [-0.15, -0.1) is 0 Å². The van der Waals surface area contributed by atoms with Crippen LogP contribution in [0.1, 0.15) is 34.9 Å². The summed E-state index contributed by atoms with van der Waals surface area (Å²) in [6.45, 7) is 1.34. The topological polar surface area (TPSA) is 65.1 Å². The summed E-state index contributed by atoms with van der Waals surface area (Å²) in [7, 11) is 2.91. The van der Waals surface area contributed by atoms with Crippen LogP contribution in [0.25, 0.3) is 0 Å². The maximum Gasteiger partial charge on any atom is 0.339 e. The summed E-state index contributed by atoms with van der Waals surface area (Å²) in [6.07, 6.45) is 0.887. The molecule has 0 bridgehead atoms. The molecule has 0 spiro atoms. The molecule has 0 unspecified atom stereocenters. The first-order valence-corrected chi connectivity index (χ1v) is 9.39. The number of methoxy groups -OCH3 is 2. The van der Waals surface area contributed by atoms with Gasteiger partial charge in [0.15, 0.2) is 11.5 Å². The molecular formula is C21H22ClNO5. The molecule has 1 atom stereocenters. The SMILES string of the molecule is COc1cc(C(=O)O[C@H](C(=O)N2CCCC2)c2ccccc2)cc(Cl)c1OC. The third-order valence-electron chi connectivity index (χ3n) is 4.64. The monoisotopic (exact) mass is 403 g/mol. The molecule has 0 aliphatic carbocycles. The third-order valence-corrected chi connectivity index (χ3v) is 4.92. The Balaban J connectivity index is 1.89. The zero-order valence-electron chi connectivity index (χ0n) is 15.8. The van der Waals surface area contributed by atoms with Crippen molar-refractivity contribution in [3.63, 3.8) is 0 Å². The number of likely N-dealkylation sites (tertiary alicyclic amines) is 1. The van der Waals surface area contributed by atoms with Gasteiger partial charge in [-0.05, 0) is 25.0 Å². The lowest BCUT2D eigenvalue weighted by Crippen LogP contribution is -2.34. The van der Waals surface area contributed by atoms with E-state index in [9.17, 15) is 9.59 Å². The molecule has 1 saturated heterocycles. The number of ether oxygens (including phenoxy) is 3. The number of benzene rings is 2. The van der Waals surface area contributed by atoms with Gasteiger partial charge in [-0.1, -0.05) is 41.9 Å². The van der Waals surface area contributed by atoms with Gasteiger partial charge in [0.25, 0.3) is 5.91 Å². The number of hydrogen-bond donors (Lipinski definition) is 0. The highest BCUT2D eigenvalue weighted by atomic mass is 35.5. The number of amides is 1. The van der Waals surface area contributed by atoms with E-state index in [1.807, 2.05) is 6.07 Å². The van der Waals surface area contributed by atoms with E-state index in [0.29, 0.717) is 30.2 Å². The number of halogens is 1. The van der Waals surface area contributed by atoms with Crippen LogP contribution in [0.15, 0.2) is 42.5 Å². The number of esters is 1. The molecule has 0 saturated carbocycles. The van der Waals surface area contributed by atoms with Gasteiger partial charge < -0.3 is 19.1 Å². The summed E-state index contributed by atoms with van der Waals surface area (Å²) in [5, 5.41) is 0.218. The van der Waals surface area contributed by atoms with Crippen molar-refractivity contribution in [2.45, 2.75) is 18.9 Å². The van der Waals surface area contributed by atoms with Crippen LogP contribution in [0.3, 0.4) is 0 Å². The van der Waals surface area contributed by atoms with E-state index in [1.54, 1.807) is 29.2 Å². The minimum atomic E-state index is -1.02. The minimum absolute atomic E-state index is 0.179. The molecule has 7 heteroatoms. The molecule has 28 heavy (non-hydrogen) atoms. The second-order valence-electron chi connectivity index (χ2n) is 6.42. The van der Waals surface area contributed by atoms with Crippen molar-refractivity contribution in [2.24, 2.45) is 0 Å². The molecule has 148 valence electrons. The molecular weight excluding hydrogens is 382 g/mol. The number of carbonyl (C=O) groups is 2. The van der Waals surface area contributed by atoms with E-state index in [2.05, 4.69) is 0 Å². The molecule has 0 radical (unpaired) electrons. The maximum atomic E-state index is 13.0. The molecule has 1 amide bonds. The summed E-state index contributed by atoms with van der Waals surface area (Å²) >= 11 is 6.19. The van der Waals surface area contributed by atoms with Crippen molar-refractivity contribution < 1.29 is 23.8 Å². The first kappa shape index (κ1) is 20.0. The van der Waals surface area contributed by atoms with Crippen molar-refractivity contribution in [3.8, 4) is 11.5 Å². The van der Waals surface area contributed by atoms with Crippen molar-refractivity contribution in [1.29, 1.82) is 0 Å². The van der Waals surface area contributed by atoms with Crippen molar-refractivity contribution in [1.82, 2.24) is 4.90 Å². The Bertz CT molecular complexity index is 849. The molecule has 6 nitrogen and oxygen atoms in total. The van der Waals surface area contributed by atoms with E-state index >= 15 is 0 Å². The molecule has 1 fully saturated rings. The number of carbonyl (C=O) groups excluding carboxylic acids is 2. The van der Waals surface area contributed by atoms with Crippen molar-refractivity contribution in [3.05, 3.63) is 58.6 Å². The quantitative estimate of drug-likeness (QED) is 0.685. The van der Waals surface area contributed by atoms with E-state index in [4.69, 9.17) is 25.8 Å². The Kier molecular flexibility index (Phi) is 6.41. The first-order valence-electron chi connectivity index (χ1n) is 9.01. The number of rotatable bonds is 6. The predicted octanol–water partition coefficient (Wildman–Crippen LogP) is 3.88.